The molecule has 2 rings (SSSR count). The number of carboxylic acids is 1. The highest BCUT2D eigenvalue weighted by Crippen LogP contribution is 2.40. The molecule has 2 aromatic carbocycles. The molecule has 0 saturated carbocycles. The summed E-state index contributed by atoms with van der Waals surface area (Å²) in [6, 6.07) is 8.27. The van der Waals surface area contributed by atoms with E-state index >= 15 is 0 Å². The van der Waals surface area contributed by atoms with E-state index in [0.717, 1.165) is 12.1 Å². The zero-order chi connectivity index (χ0) is 26.8. The van der Waals surface area contributed by atoms with E-state index in [4.69, 9.17) is 9.84 Å². The number of nitro groups is 1. The molecule has 0 unspecified atom stereocenters. The topological polar surface area (TPSA) is 215 Å². The van der Waals surface area contributed by atoms with E-state index in [0.29, 0.717) is 5.69 Å². The Bertz CT molecular complexity index is 1260. The number of ether oxygens (including phenoxy) is 1. The molecule has 0 saturated heterocycles. The Balaban J connectivity index is 2.66. The van der Waals surface area contributed by atoms with Gasteiger partial charge in [-0.05, 0) is 6.07 Å². The van der Waals surface area contributed by atoms with Crippen LogP contribution in [0.25, 0.3) is 0 Å². The summed E-state index contributed by atoms with van der Waals surface area (Å²) in [5, 5.41) is 58.9. The summed E-state index contributed by atoms with van der Waals surface area (Å²) in [5.41, 5.74) is -0.614. The lowest BCUT2D eigenvalue weighted by Gasteiger charge is -2.26. The van der Waals surface area contributed by atoms with Crippen molar-refractivity contribution < 1.29 is 29.5 Å². The van der Waals surface area contributed by atoms with Crippen molar-refractivity contribution in [3.63, 3.8) is 0 Å². The van der Waals surface area contributed by atoms with Crippen LogP contribution in [0.5, 0.6) is 5.75 Å². The van der Waals surface area contributed by atoms with E-state index in [2.05, 4.69) is 15.5 Å². The first-order valence-electron chi connectivity index (χ1n) is 10.3. The van der Waals surface area contributed by atoms with Crippen LogP contribution in [0.1, 0.15) is 24.5 Å². The van der Waals surface area contributed by atoms with Gasteiger partial charge in [0, 0.05) is 38.2 Å². The zero-order valence-electron chi connectivity index (χ0n) is 19.3. The van der Waals surface area contributed by atoms with E-state index in [1.165, 1.54) is 26.2 Å². The van der Waals surface area contributed by atoms with Crippen LogP contribution in [0.4, 0.5) is 28.4 Å². The number of nitrogens with zero attached hydrogens (tertiary/aromatic N) is 6. The van der Waals surface area contributed by atoms with Gasteiger partial charge >= 0.3 is 5.97 Å². The lowest BCUT2D eigenvalue weighted by Crippen LogP contribution is -2.29. The van der Waals surface area contributed by atoms with Crippen molar-refractivity contribution in [2.45, 2.75) is 13.3 Å². The number of methoxy groups -OCH3 is 1. The molecule has 0 fully saturated rings. The molecule has 14 heteroatoms. The van der Waals surface area contributed by atoms with Crippen LogP contribution in [0.3, 0.4) is 0 Å². The number of carbonyl (C=O) groups excluding carboxylic acids is 1. The van der Waals surface area contributed by atoms with Crippen molar-refractivity contribution >= 4 is 40.3 Å². The summed E-state index contributed by atoms with van der Waals surface area (Å²) >= 11 is 0. The van der Waals surface area contributed by atoms with Gasteiger partial charge in [0.25, 0.3) is 5.69 Å². The Labute approximate surface area is 204 Å². The quantitative estimate of drug-likeness (QED) is 0.235. The average Bonchev–Trinajstić information content (AvgIpc) is 2.84. The third kappa shape index (κ3) is 6.72. The monoisotopic (exact) mass is 495 g/mol. The molecule has 0 bridgehead atoms. The lowest BCUT2D eigenvalue weighted by atomic mass is 10.1. The minimum absolute atomic E-state index is 0.0342. The minimum Gasteiger partial charge on any atom is -0.494 e. The summed E-state index contributed by atoms with van der Waals surface area (Å²) in [4.78, 5) is 34.8. The maximum Gasteiger partial charge on any atom is 0.305 e. The summed E-state index contributed by atoms with van der Waals surface area (Å²) in [6.45, 7) is 1.07. The number of non-ortho nitro benzene ring substituents is 1. The predicted octanol–water partition coefficient (Wildman–Crippen LogP) is 2.99. The molecule has 1 amide bonds. The molecule has 0 heterocycles. The SMILES string of the molecule is COc1cc(N=Nc2c(C#N)cc([N+](=O)[O-])cc2C#N)c(NC(C)=O)cc1N(CCO)CCC(=O)O. The maximum absolute atomic E-state index is 11.8. The molecule has 186 valence electrons. The summed E-state index contributed by atoms with van der Waals surface area (Å²) in [6.07, 6.45) is -0.228. The number of hydrogen-bond acceptors (Lipinski definition) is 11. The van der Waals surface area contributed by atoms with Crippen LogP contribution in [0.15, 0.2) is 34.5 Å². The number of carboxylic acid groups (broad SMARTS) is 1. The van der Waals surface area contributed by atoms with Gasteiger partial charge in [0.2, 0.25) is 5.91 Å². The Morgan fingerprint density at radius 1 is 1.17 bits per heavy atom. The van der Waals surface area contributed by atoms with Gasteiger partial charge in [-0.1, -0.05) is 0 Å². The number of rotatable bonds is 11. The Kier molecular flexibility index (Phi) is 9.36. The Morgan fingerprint density at radius 2 is 1.81 bits per heavy atom. The number of nitriles is 2. The second-order valence-electron chi connectivity index (χ2n) is 7.15. The third-order valence-corrected chi connectivity index (χ3v) is 4.72. The average molecular weight is 495 g/mol. The first-order chi connectivity index (χ1) is 17.1. The molecular weight excluding hydrogens is 474 g/mol. The van der Waals surface area contributed by atoms with E-state index in [-0.39, 0.29) is 60.1 Å². The van der Waals surface area contributed by atoms with Gasteiger partial charge in [-0.15, -0.1) is 10.2 Å². The van der Waals surface area contributed by atoms with E-state index in [9.17, 15) is 35.3 Å². The largest absolute Gasteiger partial charge is 0.494 e. The number of benzene rings is 2. The van der Waals surface area contributed by atoms with Gasteiger partial charge in [0.05, 0.1) is 47.6 Å². The zero-order valence-corrected chi connectivity index (χ0v) is 19.3. The van der Waals surface area contributed by atoms with E-state index in [1.54, 1.807) is 17.0 Å². The number of aliphatic carboxylic acids is 1. The first kappa shape index (κ1) is 27.2. The van der Waals surface area contributed by atoms with Gasteiger partial charge in [-0.3, -0.25) is 19.7 Å². The number of nitrogens with one attached hydrogen (secondary N) is 1. The summed E-state index contributed by atoms with van der Waals surface area (Å²) in [7, 11) is 1.35. The van der Waals surface area contributed by atoms with Gasteiger partial charge in [0.1, 0.15) is 29.3 Å². The standard InChI is InChI=1S/C22H21N7O7/c1-13(31)25-17-9-19(28(5-6-30)4-3-21(32)33)20(36-2)10-18(17)26-27-22-14(11-23)7-16(29(34)35)8-15(22)12-24/h7-10,30H,3-6H2,1-2H3,(H,25,31)(H,32,33). The number of nitro benzene ring substituents is 1. The van der Waals surface area contributed by atoms with Gasteiger partial charge < -0.3 is 25.2 Å². The lowest BCUT2D eigenvalue weighted by molar-refractivity contribution is -0.384. The summed E-state index contributed by atoms with van der Waals surface area (Å²) < 4.78 is 5.40. The van der Waals surface area contributed by atoms with Gasteiger partial charge in [0.15, 0.2) is 0 Å². The van der Waals surface area contributed by atoms with Crippen LogP contribution in [-0.2, 0) is 9.59 Å². The van der Waals surface area contributed by atoms with E-state index < -0.39 is 22.5 Å². The maximum atomic E-state index is 11.8. The van der Waals surface area contributed by atoms with Crippen molar-refractivity contribution in [3.8, 4) is 17.9 Å². The smallest absolute Gasteiger partial charge is 0.305 e. The second-order valence-corrected chi connectivity index (χ2v) is 7.15. The predicted molar refractivity (Wildman–Crippen MR) is 126 cm³/mol. The number of amides is 1. The molecule has 14 nitrogen and oxygen atoms in total. The van der Waals surface area contributed by atoms with Crippen LogP contribution in [-0.4, -0.2) is 53.8 Å². The highest BCUT2D eigenvalue weighted by molar-refractivity contribution is 5.94. The third-order valence-electron chi connectivity index (χ3n) is 4.72. The molecule has 0 atom stereocenters. The van der Waals surface area contributed by atoms with E-state index in [1.807, 2.05) is 0 Å². The fourth-order valence-corrected chi connectivity index (χ4v) is 3.15. The number of carbonyl (C=O) groups is 2. The number of aliphatic hydroxyl groups is 1. The fraction of sp³-hybridized carbons (Fsp3) is 0.273. The Hall–Kier alpha value is -5.08. The van der Waals surface area contributed by atoms with Crippen LogP contribution in [0.2, 0.25) is 0 Å². The van der Waals surface area contributed by atoms with Crippen molar-refractivity contribution in [1.29, 1.82) is 10.5 Å². The molecule has 0 spiro atoms. The molecule has 0 aromatic heterocycles. The Morgan fingerprint density at radius 3 is 2.28 bits per heavy atom. The van der Waals surface area contributed by atoms with Gasteiger partial charge in [-0.25, -0.2) is 0 Å². The number of aliphatic hydroxyl groups excluding tert-OH is 1. The fourth-order valence-electron chi connectivity index (χ4n) is 3.15. The normalized spacial score (nSPS) is 10.4. The molecule has 0 aliphatic rings. The molecule has 0 aliphatic heterocycles. The van der Waals surface area contributed by atoms with Crippen LogP contribution < -0.4 is 15.0 Å². The summed E-state index contributed by atoms with van der Waals surface area (Å²) in [5.74, 6) is -1.30. The van der Waals surface area contributed by atoms with Crippen molar-refractivity contribution in [2.24, 2.45) is 10.2 Å². The van der Waals surface area contributed by atoms with Crippen molar-refractivity contribution in [2.75, 3.05) is 37.0 Å². The van der Waals surface area contributed by atoms with Crippen LogP contribution in [0, 0.1) is 32.8 Å². The van der Waals surface area contributed by atoms with Crippen molar-refractivity contribution in [3.05, 3.63) is 45.5 Å². The number of hydrogen-bond donors (Lipinski definition) is 3. The molecular formula is C22H21N7O7. The molecule has 2 aromatic rings. The second kappa shape index (κ2) is 12.4. The minimum atomic E-state index is -1.05. The molecule has 0 radical (unpaired) electrons. The molecule has 3 N–H and O–H groups in total. The highest BCUT2D eigenvalue weighted by Gasteiger charge is 2.20. The number of azo groups is 1. The number of anilines is 2. The van der Waals surface area contributed by atoms with Crippen LogP contribution >= 0.6 is 0 Å². The van der Waals surface area contributed by atoms with Gasteiger partial charge in [-0.2, -0.15) is 10.5 Å². The molecule has 0 aliphatic carbocycles. The van der Waals surface area contributed by atoms with Crippen molar-refractivity contribution in [1.82, 2.24) is 0 Å². The first-order valence-corrected chi connectivity index (χ1v) is 10.3. The molecule has 36 heavy (non-hydrogen) atoms. The highest BCUT2D eigenvalue weighted by atomic mass is 16.6.